The van der Waals surface area contributed by atoms with Crippen LogP contribution >= 0.6 is 11.3 Å². The highest BCUT2D eigenvalue weighted by molar-refractivity contribution is 7.11. The van der Waals surface area contributed by atoms with E-state index in [1.165, 1.54) is 11.3 Å². The quantitative estimate of drug-likeness (QED) is 0.490. The van der Waals surface area contributed by atoms with E-state index >= 15 is 0 Å². The normalized spacial score (nSPS) is 10.7. The van der Waals surface area contributed by atoms with Gasteiger partial charge in [0.2, 0.25) is 0 Å². The minimum atomic E-state index is 0.183. The van der Waals surface area contributed by atoms with Crippen molar-refractivity contribution in [1.29, 1.82) is 5.26 Å². The van der Waals surface area contributed by atoms with Gasteiger partial charge < -0.3 is 4.74 Å². The molecule has 2 aromatic carbocycles. The van der Waals surface area contributed by atoms with E-state index in [-0.39, 0.29) is 6.61 Å². The van der Waals surface area contributed by atoms with Crippen molar-refractivity contribution in [1.82, 2.24) is 4.98 Å². The summed E-state index contributed by atoms with van der Waals surface area (Å²) in [6.45, 7) is 0.183. The Morgan fingerprint density at radius 1 is 1.16 bits per heavy atom. The largest absolute Gasteiger partial charge is 0.480 e. The number of nitrogens with zero attached hydrogens (tertiary/aromatic N) is 2. The average Bonchev–Trinajstić information content (AvgIpc) is 3.16. The van der Waals surface area contributed by atoms with E-state index in [9.17, 15) is 5.26 Å². The minimum absolute atomic E-state index is 0.183. The van der Waals surface area contributed by atoms with Crippen LogP contribution in [0.25, 0.3) is 22.9 Å². The summed E-state index contributed by atoms with van der Waals surface area (Å²) < 4.78 is 5.53. The second-order valence-electron chi connectivity index (χ2n) is 5.10. The van der Waals surface area contributed by atoms with Crippen molar-refractivity contribution in [2.24, 2.45) is 0 Å². The van der Waals surface area contributed by atoms with Crippen LogP contribution in [0.15, 0.2) is 60.0 Å². The molecule has 1 heterocycles. The number of allylic oxidation sites excluding steroid dienone is 1. The van der Waals surface area contributed by atoms with E-state index in [1.807, 2.05) is 60.0 Å². The first-order chi connectivity index (χ1) is 12.3. The lowest BCUT2D eigenvalue weighted by atomic mass is 10.1. The first kappa shape index (κ1) is 16.5. The van der Waals surface area contributed by atoms with E-state index in [2.05, 4.69) is 17.0 Å². The third-order valence-corrected chi connectivity index (χ3v) is 4.33. The molecule has 3 aromatic rings. The summed E-state index contributed by atoms with van der Waals surface area (Å²) >= 11 is 1.44. The molecule has 0 amide bonds. The smallest absolute Gasteiger partial charge is 0.148 e. The Morgan fingerprint density at radius 3 is 2.68 bits per heavy atom. The Hall–Kier alpha value is -3.34. The van der Waals surface area contributed by atoms with Gasteiger partial charge in [-0.25, -0.2) is 4.98 Å². The molecule has 0 aliphatic rings. The maximum absolute atomic E-state index is 9.56. The number of benzene rings is 2. The highest BCUT2D eigenvalue weighted by Crippen LogP contribution is 2.29. The molecule has 0 unspecified atom stereocenters. The third kappa shape index (κ3) is 3.95. The van der Waals surface area contributed by atoms with Gasteiger partial charge in [-0.15, -0.1) is 17.8 Å². The van der Waals surface area contributed by atoms with Crippen LogP contribution < -0.4 is 4.74 Å². The summed E-state index contributed by atoms with van der Waals surface area (Å²) in [4.78, 5) is 4.59. The third-order valence-electron chi connectivity index (χ3n) is 3.45. The van der Waals surface area contributed by atoms with Crippen LogP contribution in [0.2, 0.25) is 0 Å². The molecule has 3 nitrogen and oxygen atoms in total. The topological polar surface area (TPSA) is 45.9 Å². The van der Waals surface area contributed by atoms with Gasteiger partial charge in [0.25, 0.3) is 0 Å². The summed E-state index contributed by atoms with van der Waals surface area (Å²) in [7, 11) is 0. The Kier molecular flexibility index (Phi) is 5.26. The summed E-state index contributed by atoms with van der Waals surface area (Å²) in [6, 6.07) is 19.6. The summed E-state index contributed by atoms with van der Waals surface area (Å²) in [5.41, 5.74) is 3.17. The van der Waals surface area contributed by atoms with Crippen molar-refractivity contribution >= 4 is 23.0 Å². The van der Waals surface area contributed by atoms with Crippen molar-refractivity contribution in [2.75, 3.05) is 6.61 Å². The zero-order valence-corrected chi connectivity index (χ0v) is 14.2. The van der Waals surface area contributed by atoms with E-state index in [0.29, 0.717) is 16.3 Å². The highest BCUT2D eigenvalue weighted by atomic mass is 32.1. The SMILES string of the molecule is C#CCOc1ccccc1/C=C(\C#N)c1nc(-c2ccccc2)cs1. The minimum Gasteiger partial charge on any atom is -0.480 e. The molecule has 0 aliphatic heterocycles. The fraction of sp³-hybridized carbons (Fsp3) is 0.0476. The Balaban J connectivity index is 1.94. The molecule has 0 spiro atoms. The first-order valence-electron chi connectivity index (χ1n) is 7.60. The molecule has 0 aliphatic carbocycles. The van der Waals surface area contributed by atoms with Crippen molar-refractivity contribution in [3.8, 4) is 35.4 Å². The molecule has 0 atom stereocenters. The van der Waals surface area contributed by atoms with Gasteiger partial charge in [0.1, 0.15) is 23.4 Å². The molecule has 0 saturated heterocycles. The van der Waals surface area contributed by atoms with Crippen LogP contribution in [0.3, 0.4) is 0 Å². The number of thiazole rings is 1. The van der Waals surface area contributed by atoms with Crippen LogP contribution in [-0.4, -0.2) is 11.6 Å². The van der Waals surface area contributed by atoms with E-state index in [4.69, 9.17) is 11.2 Å². The standard InChI is InChI=1S/C21H14N2OS/c1-2-12-24-20-11-7-6-10-17(20)13-18(14-22)21-23-19(15-25-21)16-8-4-3-5-9-16/h1,3-11,13,15H,12H2/b18-13+. The fourth-order valence-electron chi connectivity index (χ4n) is 2.29. The maximum Gasteiger partial charge on any atom is 0.148 e. The number of para-hydroxylation sites is 1. The average molecular weight is 342 g/mol. The summed E-state index contributed by atoms with van der Waals surface area (Å²) in [6.07, 6.45) is 7.03. The Labute approximate surface area is 150 Å². The number of ether oxygens (including phenoxy) is 1. The van der Waals surface area contributed by atoms with Crippen LogP contribution in [0.4, 0.5) is 0 Å². The second-order valence-corrected chi connectivity index (χ2v) is 5.96. The monoisotopic (exact) mass is 342 g/mol. The van der Waals surface area contributed by atoms with Crippen LogP contribution in [0, 0.1) is 23.7 Å². The zero-order valence-electron chi connectivity index (χ0n) is 13.3. The summed E-state index contributed by atoms with van der Waals surface area (Å²) in [5, 5.41) is 12.2. The van der Waals surface area contributed by atoms with Gasteiger partial charge in [-0.1, -0.05) is 54.5 Å². The lowest BCUT2D eigenvalue weighted by Crippen LogP contribution is -1.95. The molecule has 1 aromatic heterocycles. The van der Waals surface area contributed by atoms with Crippen molar-refractivity contribution in [2.45, 2.75) is 0 Å². The van der Waals surface area contributed by atoms with Gasteiger partial charge in [0.15, 0.2) is 0 Å². The molecular weight excluding hydrogens is 328 g/mol. The summed E-state index contributed by atoms with van der Waals surface area (Å²) in [5.74, 6) is 3.09. The fourth-order valence-corrected chi connectivity index (χ4v) is 3.08. The number of hydrogen-bond acceptors (Lipinski definition) is 4. The lowest BCUT2D eigenvalue weighted by Gasteiger charge is -2.06. The molecule has 25 heavy (non-hydrogen) atoms. The van der Waals surface area contributed by atoms with Gasteiger partial charge in [-0.2, -0.15) is 5.26 Å². The first-order valence-corrected chi connectivity index (χ1v) is 8.48. The molecule has 3 rings (SSSR count). The van der Waals surface area contributed by atoms with Crippen molar-refractivity contribution < 1.29 is 4.74 Å². The van der Waals surface area contributed by atoms with Gasteiger partial charge in [0, 0.05) is 16.5 Å². The number of aromatic nitrogens is 1. The van der Waals surface area contributed by atoms with Crippen molar-refractivity contribution in [3.05, 3.63) is 70.5 Å². The molecule has 0 N–H and O–H groups in total. The van der Waals surface area contributed by atoms with Crippen LogP contribution in [0.1, 0.15) is 10.6 Å². The van der Waals surface area contributed by atoms with Gasteiger partial charge >= 0.3 is 0 Å². The molecule has 4 heteroatoms. The molecule has 0 bridgehead atoms. The number of terminal acetylenes is 1. The predicted molar refractivity (Wildman–Crippen MR) is 102 cm³/mol. The molecular formula is C21H14N2OS. The van der Waals surface area contributed by atoms with Crippen molar-refractivity contribution in [3.63, 3.8) is 0 Å². The number of hydrogen-bond donors (Lipinski definition) is 0. The molecule has 0 radical (unpaired) electrons. The maximum atomic E-state index is 9.56. The molecule has 0 saturated carbocycles. The molecule has 120 valence electrons. The van der Waals surface area contributed by atoms with Crippen LogP contribution in [-0.2, 0) is 0 Å². The van der Waals surface area contributed by atoms with Crippen LogP contribution in [0.5, 0.6) is 5.75 Å². The zero-order chi connectivity index (χ0) is 17.5. The van der Waals surface area contributed by atoms with E-state index in [1.54, 1.807) is 6.08 Å². The van der Waals surface area contributed by atoms with Gasteiger partial charge in [0.05, 0.1) is 11.3 Å². The predicted octanol–water partition coefficient (Wildman–Crippen LogP) is 4.89. The number of nitriles is 1. The Bertz CT molecular complexity index is 975. The molecule has 0 fully saturated rings. The van der Waals surface area contributed by atoms with Gasteiger partial charge in [-0.3, -0.25) is 0 Å². The van der Waals surface area contributed by atoms with E-state index < -0.39 is 0 Å². The Morgan fingerprint density at radius 2 is 1.92 bits per heavy atom. The van der Waals surface area contributed by atoms with E-state index in [0.717, 1.165) is 16.8 Å². The highest BCUT2D eigenvalue weighted by Gasteiger charge is 2.10. The van der Waals surface area contributed by atoms with Gasteiger partial charge in [-0.05, 0) is 12.1 Å². The number of rotatable bonds is 5. The lowest BCUT2D eigenvalue weighted by molar-refractivity contribution is 0.369. The second kappa shape index (κ2) is 7.97.